The SMILES string of the molecule is O=C(Nc1cccc2c1CCCC2)N1Cc2ccccc2-n2cccc2[C@@H]1c1cccs1. The second-order valence-electron chi connectivity index (χ2n) is 8.56. The van der Waals surface area contributed by atoms with Crippen molar-refractivity contribution in [3.8, 4) is 5.69 Å². The smallest absolute Gasteiger partial charge is 0.318 e. The fourth-order valence-corrected chi connectivity index (χ4v) is 6.02. The minimum atomic E-state index is -0.142. The third kappa shape index (κ3) is 3.24. The molecule has 0 bridgehead atoms. The standard InChI is InChI=1S/C27H25N3OS/c31-27(28-22-12-5-10-19-8-1-3-11-21(19)22)30-18-20-9-2-4-13-23(20)29-16-6-14-24(29)26(30)25-15-7-17-32-25/h2,4-7,9-10,12-17,26H,1,3,8,11,18H2,(H,28,31)/t26-/m1/s1. The molecule has 160 valence electrons. The Balaban J connectivity index is 1.44. The first-order chi connectivity index (χ1) is 15.8. The summed E-state index contributed by atoms with van der Waals surface area (Å²) in [7, 11) is 0. The third-order valence-electron chi connectivity index (χ3n) is 6.68. The molecule has 6 rings (SSSR count). The fraction of sp³-hybridized carbons (Fsp3) is 0.222. The van der Waals surface area contributed by atoms with Gasteiger partial charge < -0.3 is 14.8 Å². The summed E-state index contributed by atoms with van der Waals surface area (Å²) in [6.45, 7) is 0.557. The number of para-hydroxylation sites is 1. The molecule has 5 heteroatoms. The zero-order valence-electron chi connectivity index (χ0n) is 17.8. The zero-order chi connectivity index (χ0) is 21.5. The number of rotatable bonds is 2. The quantitative estimate of drug-likeness (QED) is 0.378. The van der Waals surface area contributed by atoms with Gasteiger partial charge in [0.2, 0.25) is 0 Å². The van der Waals surface area contributed by atoms with Crippen LogP contribution in [0.3, 0.4) is 0 Å². The number of amides is 2. The van der Waals surface area contributed by atoms with Crippen molar-refractivity contribution in [2.45, 2.75) is 38.3 Å². The molecular formula is C27H25N3OS. The molecule has 1 N–H and O–H groups in total. The van der Waals surface area contributed by atoms with Crippen LogP contribution < -0.4 is 5.32 Å². The highest BCUT2D eigenvalue weighted by atomic mass is 32.1. The Kier molecular flexibility index (Phi) is 4.84. The van der Waals surface area contributed by atoms with E-state index < -0.39 is 0 Å². The zero-order valence-corrected chi connectivity index (χ0v) is 18.6. The van der Waals surface area contributed by atoms with Crippen LogP contribution in [0.1, 0.15) is 46.1 Å². The predicted molar refractivity (Wildman–Crippen MR) is 130 cm³/mol. The number of aryl methyl sites for hydroxylation is 1. The highest BCUT2D eigenvalue weighted by molar-refractivity contribution is 7.10. The number of carbonyl (C=O) groups excluding carboxylic acids is 1. The van der Waals surface area contributed by atoms with Gasteiger partial charge in [0.05, 0.1) is 17.9 Å². The van der Waals surface area contributed by atoms with E-state index in [1.807, 2.05) is 4.90 Å². The maximum atomic E-state index is 13.9. The summed E-state index contributed by atoms with van der Waals surface area (Å²) < 4.78 is 2.23. The van der Waals surface area contributed by atoms with Crippen molar-refractivity contribution in [3.05, 3.63) is 106 Å². The molecular weight excluding hydrogens is 414 g/mol. The first kappa shape index (κ1) is 19.4. The van der Waals surface area contributed by atoms with Gasteiger partial charge in [-0.05, 0) is 78.1 Å². The number of hydrogen-bond acceptors (Lipinski definition) is 2. The van der Waals surface area contributed by atoms with E-state index in [0.29, 0.717) is 6.54 Å². The van der Waals surface area contributed by atoms with Gasteiger partial charge >= 0.3 is 6.03 Å². The molecule has 0 radical (unpaired) electrons. The van der Waals surface area contributed by atoms with Crippen LogP contribution in [0.2, 0.25) is 0 Å². The number of urea groups is 1. The first-order valence-electron chi connectivity index (χ1n) is 11.3. The van der Waals surface area contributed by atoms with E-state index in [2.05, 4.69) is 88.2 Å². The summed E-state index contributed by atoms with van der Waals surface area (Å²) in [5.74, 6) is 0. The second kappa shape index (κ2) is 7.99. The molecule has 0 unspecified atom stereocenters. The molecule has 4 nitrogen and oxygen atoms in total. The highest BCUT2D eigenvalue weighted by Crippen LogP contribution is 2.39. The van der Waals surface area contributed by atoms with Crippen molar-refractivity contribution in [2.24, 2.45) is 0 Å². The van der Waals surface area contributed by atoms with Crippen molar-refractivity contribution in [2.75, 3.05) is 5.32 Å². The Morgan fingerprint density at radius 3 is 2.69 bits per heavy atom. The van der Waals surface area contributed by atoms with Crippen LogP contribution in [-0.2, 0) is 19.4 Å². The van der Waals surface area contributed by atoms with Gasteiger partial charge in [-0.15, -0.1) is 11.3 Å². The lowest BCUT2D eigenvalue weighted by Crippen LogP contribution is -2.37. The largest absolute Gasteiger partial charge is 0.323 e. The molecule has 4 aromatic rings. The van der Waals surface area contributed by atoms with Gasteiger partial charge in [0.25, 0.3) is 0 Å². The van der Waals surface area contributed by atoms with Crippen molar-refractivity contribution in [3.63, 3.8) is 0 Å². The Morgan fingerprint density at radius 2 is 1.78 bits per heavy atom. The van der Waals surface area contributed by atoms with E-state index in [-0.39, 0.29) is 12.1 Å². The molecule has 2 aliphatic rings. The van der Waals surface area contributed by atoms with E-state index in [1.165, 1.54) is 28.8 Å². The Hall–Kier alpha value is -3.31. The average Bonchev–Trinajstić information content (AvgIpc) is 3.50. The number of anilines is 1. The number of aromatic nitrogens is 1. The molecule has 1 aliphatic carbocycles. The van der Waals surface area contributed by atoms with Gasteiger partial charge in [-0.3, -0.25) is 0 Å². The van der Waals surface area contributed by atoms with Crippen LogP contribution in [0.5, 0.6) is 0 Å². The molecule has 2 aromatic carbocycles. The first-order valence-corrected chi connectivity index (χ1v) is 12.1. The monoisotopic (exact) mass is 439 g/mol. The average molecular weight is 440 g/mol. The van der Waals surface area contributed by atoms with Gasteiger partial charge in [0, 0.05) is 16.8 Å². The Labute approximate surface area is 192 Å². The molecule has 32 heavy (non-hydrogen) atoms. The molecule has 2 aromatic heterocycles. The van der Waals surface area contributed by atoms with Crippen LogP contribution in [0.25, 0.3) is 5.69 Å². The maximum absolute atomic E-state index is 13.9. The number of hydrogen-bond donors (Lipinski definition) is 1. The normalized spacial score (nSPS) is 17.1. The van der Waals surface area contributed by atoms with Crippen molar-refractivity contribution < 1.29 is 4.79 Å². The number of carbonyl (C=O) groups is 1. The summed E-state index contributed by atoms with van der Waals surface area (Å²) in [6, 6.07) is 22.9. The van der Waals surface area contributed by atoms with Gasteiger partial charge in [-0.25, -0.2) is 4.79 Å². The van der Waals surface area contributed by atoms with E-state index in [0.717, 1.165) is 35.5 Å². The summed E-state index contributed by atoms with van der Waals surface area (Å²) in [6.07, 6.45) is 6.64. The van der Waals surface area contributed by atoms with E-state index in [1.54, 1.807) is 11.3 Å². The molecule has 0 saturated heterocycles. The van der Waals surface area contributed by atoms with Crippen LogP contribution in [0.15, 0.2) is 78.3 Å². The summed E-state index contributed by atoms with van der Waals surface area (Å²) >= 11 is 1.70. The molecule has 1 atom stereocenters. The molecule has 2 amide bonds. The third-order valence-corrected chi connectivity index (χ3v) is 7.60. The number of benzene rings is 2. The van der Waals surface area contributed by atoms with Crippen molar-refractivity contribution in [1.82, 2.24) is 9.47 Å². The van der Waals surface area contributed by atoms with Gasteiger partial charge in [-0.2, -0.15) is 0 Å². The van der Waals surface area contributed by atoms with E-state index >= 15 is 0 Å². The maximum Gasteiger partial charge on any atom is 0.323 e. The second-order valence-corrected chi connectivity index (χ2v) is 9.54. The lowest BCUT2D eigenvalue weighted by molar-refractivity contribution is 0.195. The van der Waals surface area contributed by atoms with Gasteiger partial charge in [0.15, 0.2) is 0 Å². The van der Waals surface area contributed by atoms with E-state index in [9.17, 15) is 4.79 Å². The Bertz CT molecular complexity index is 1270. The minimum Gasteiger partial charge on any atom is -0.318 e. The molecule has 1 aliphatic heterocycles. The lowest BCUT2D eigenvalue weighted by atomic mass is 9.90. The predicted octanol–water partition coefficient (Wildman–Crippen LogP) is 6.55. The summed E-state index contributed by atoms with van der Waals surface area (Å²) in [5, 5.41) is 5.38. The summed E-state index contributed by atoms with van der Waals surface area (Å²) in [5.41, 5.74) is 7.04. The number of thiophene rings is 1. The topological polar surface area (TPSA) is 37.3 Å². The number of nitrogens with one attached hydrogen (secondary N) is 1. The van der Waals surface area contributed by atoms with Crippen LogP contribution in [0, 0.1) is 0 Å². The van der Waals surface area contributed by atoms with E-state index in [4.69, 9.17) is 0 Å². The number of fused-ring (bicyclic) bond motifs is 4. The highest BCUT2D eigenvalue weighted by Gasteiger charge is 2.33. The lowest BCUT2D eigenvalue weighted by Gasteiger charge is -2.30. The van der Waals surface area contributed by atoms with Gasteiger partial charge in [0.1, 0.15) is 6.04 Å². The van der Waals surface area contributed by atoms with Crippen molar-refractivity contribution in [1.29, 1.82) is 0 Å². The molecule has 0 fully saturated rings. The fourth-order valence-electron chi connectivity index (χ4n) is 5.17. The van der Waals surface area contributed by atoms with Gasteiger partial charge in [-0.1, -0.05) is 36.4 Å². The summed E-state index contributed by atoms with van der Waals surface area (Å²) in [4.78, 5) is 17.0. The Morgan fingerprint density at radius 1 is 0.906 bits per heavy atom. The minimum absolute atomic E-state index is 0.0492. The van der Waals surface area contributed by atoms with Crippen LogP contribution >= 0.6 is 11.3 Å². The van der Waals surface area contributed by atoms with Crippen LogP contribution in [-0.4, -0.2) is 15.5 Å². The van der Waals surface area contributed by atoms with Crippen LogP contribution in [0.4, 0.5) is 10.5 Å². The number of nitrogens with zero attached hydrogens (tertiary/aromatic N) is 2. The molecule has 0 spiro atoms. The van der Waals surface area contributed by atoms with Crippen molar-refractivity contribution >= 4 is 23.1 Å². The molecule has 3 heterocycles. The molecule has 0 saturated carbocycles.